The second-order valence-corrected chi connectivity index (χ2v) is 4.92. The van der Waals surface area contributed by atoms with E-state index < -0.39 is 0 Å². The van der Waals surface area contributed by atoms with Gasteiger partial charge in [-0.3, -0.25) is 0 Å². The number of rotatable bonds is 0. The van der Waals surface area contributed by atoms with Gasteiger partial charge in [0, 0.05) is 0 Å². The molecular weight excluding hydrogens is 168 g/mol. The second kappa shape index (κ2) is 3.12. The van der Waals surface area contributed by atoms with Crippen molar-refractivity contribution in [2.75, 3.05) is 0 Å². The van der Waals surface area contributed by atoms with Gasteiger partial charge in [-0.25, -0.2) is 0 Å². The number of hydrogen-bond donors (Lipinski definition) is 0. The van der Waals surface area contributed by atoms with Crippen molar-refractivity contribution in [3.8, 4) is 0 Å². The minimum Gasteiger partial charge on any atom is -0.0588 e. The highest BCUT2D eigenvalue weighted by Crippen LogP contribution is 2.42. The van der Waals surface area contributed by atoms with Crippen LogP contribution in [0, 0.1) is 6.92 Å². The van der Waals surface area contributed by atoms with Crippen LogP contribution in [0.2, 0.25) is 0 Å². The van der Waals surface area contributed by atoms with E-state index >= 15 is 0 Å². The molecule has 1 aromatic rings. The Hall–Kier alpha value is -0.780. The van der Waals surface area contributed by atoms with Gasteiger partial charge in [0.05, 0.1) is 0 Å². The molecule has 0 heterocycles. The van der Waals surface area contributed by atoms with Crippen molar-refractivity contribution >= 4 is 0 Å². The van der Waals surface area contributed by atoms with Gasteiger partial charge < -0.3 is 0 Å². The molecule has 14 heavy (non-hydrogen) atoms. The number of aryl methyl sites for hydroxylation is 2. The molecule has 1 atom stereocenters. The molecule has 3 rings (SSSR count). The zero-order valence-corrected chi connectivity index (χ0v) is 8.97. The van der Waals surface area contributed by atoms with Crippen LogP contribution in [0.4, 0.5) is 0 Å². The monoisotopic (exact) mass is 186 g/mol. The molecule has 0 heteroatoms. The smallest absolute Gasteiger partial charge is 0.0156 e. The summed E-state index contributed by atoms with van der Waals surface area (Å²) in [4.78, 5) is 0. The van der Waals surface area contributed by atoms with Crippen molar-refractivity contribution in [3.63, 3.8) is 0 Å². The van der Waals surface area contributed by atoms with E-state index in [0.29, 0.717) is 0 Å². The molecule has 0 aromatic heterocycles. The molecular formula is C14H18. The topological polar surface area (TPSA) is 0 Å². The van der Waals surface area contributed by atoms with Crippen LogP contribution in [0.1, 0.15) is 53.9 Å². The fourth-order valence-corrected chi connectivity index (χ4v) is 3.38. The molecule has 0 saturated carbocycles. The standard InChI is InChI=1S/C14H18/c1-10-8-9-12-5-2-4-11-6-3-7-13(10)14(11)12/h8-9,11H,2-7H2,1H3. The van der Waals surface area contributed by atoms with Gasteiger partial charge in [-0.05, 0) is 73.6 Å². The van der Waals surface area contributed by atoms with Crippen LogP contribution in [0.3, 0.4) is 0 Å². The molecule has 2 aliphatic carbocycles. The molecule has 1 aromatic carbocycles. The summed E-state index contributed by atoms with van der Waals surface area (Å²) in [5.74, 6) is 0.919. The summed E-state index contributed by atoms with van der Waals surface area (Å²) >= 11 is 0. The first-order valence-corrected chi connectivity index (χ1v) is 5.97. The maximum atomic E-state index is 2.38. The zero-order valence-electron chi connectivity index (χ0n) is 8.97. The predicted octanol–water partition coefficient (Wildman–Crippen LogP) is 3.75. The van der Waals surface area contributed by atoms with Crippen LogP contribution >= 0.6 is 0 Å². The van der Waals surface area contributed by atoms with E-state index in [0.717, 1.165) is 5.92 Å². The third-order valence-corrected chi connectivity index (χ3v) is 4.07. The van der Waals surface area contributed by atoms with E-state index in [1.54, 1.807) is 16.7 Å². The summed E-state index contributed by atoms with van der Waals surface area (Å²) in [5.41, 5.74) is 6.68. The Morgan fingerprint density at radius 2 is 1.86 bits per heavy atom. The van der Waals surface area contributed by atoms with Crippen LogP contribution in [0.25, 0.3) is 0 Å². The van der Waals surface area contributed by atoms with Crippen molar-refractivity contribution < 1.29 is 0 Å². The van der Waals surface area contributed by atoms with E-state index in [4.69, 9.17) is 0 Å². The Balaban J connectivity index is 2.22. The predicted molar refractivity (Wildman–Crippen MR) is 59.8 cm³/mol. The van der Waals surface area contributed by atoms with Crippen LogP contribution in [-0.2, 0) is 12.8 Å². The van der Waals surface area contributed by atoms with Gasteiger partial charge in [0.15, 0.2) is 0 Å². The van der Waals surface area contributed by atoms with E-state index in [1.807, 2.05) is 0 Å². The lowest BCUT2D eigenvalue weighted by Crippen LogP contribution is -2.18. The summed E-state index contributed by atoms with van der Waals surface area (Å²) in [6.45, 7) is 2.28. The molecule has 0 amide bonds. The van der Waals surface area contributed by atoms with Crippen molar-refractivity contribution in [2.24, 2.45) is 0 Å². The third kappa shape index (κ3) is 1.13. The van der Waals surface area contributed by atoms with Gasteiger partial charge >= 0.3 is 0 Å². The molecule has 0 aliphatic heterocycles. The fourth-order valence-electron chi connectivity index (χ4n) is 3.38. The molecule has 1 unspecified atom stereocenters. The van der Waals surface area contributed by atoms with Crippen molar-refractivity contribution in [1.82, 2.24) is 0 Å². The average Bonchev–Trinajstić information content (AvgIpc) is 2.24. The molecule has 0 fully saturated rings. The van der Waals surface area contributed by atoms with Crippen LogP contribution < -0.4 is 0 Å². The normalized spacial score (nSPS) is 24.5. The largest absolute Gasteiger partial charge is 0.0588 e. The Morgan fingerprint density at radius 3 is 2.71 bits per heavy atom. The maximum Gasteiger partial charge on any atom is -0.0156 e. The summed E-state index contributed by atoms with van der Waals surface area (Å²) in [6.07, 6.45) is 8.40. The molecule has 74 valence electrons. The number of hydrogen-bond acceptors (Lipinski definition) is 0. The van der Waals surface area contributed by atoms with Crippen LogP contribution in [0.5, 0.6) is 0 Å². The van der Waals surface area contributed by atoms with E-state index in [-0.39, 0.29) is 0 Å². The molecule has 0 nitrogen and oxygen atoms in total. The lowest BCUT2D eigenvalue weighted by Gasteiger charge is -2.33. The molecule has 0 bridgehead atoms. The van der Waals surface area contributed by atoms with Crippen LogP contribution in [0.15, 0.2) is 12.1 Å². The third-order valence-electron chi connectivity index (χ3n) is 4.07. The van der Waals surface area contributed by atoms with Gasteiger partial charge in [0.1, 0.15) is 0 Å². The molecule has 0 spiro atoms. The number of benzene rings is 1. The first-order chi connectivity index (χ1) is 6.86. The Morgan fingerprint density at radius 1 is 1.07 bits per heavy atom. The average molecular weight is 186 g/mol. The summed E-state index contributed by atoms with van der Waals surface area (Å²) < 4.78 is 0. The van der Waals surface area contributed by atoms with E-state index in [9.17, 15) is 0 Å². The first kappa shape index (κ1) is 8.52. The first-order valence-electron chi connectivity index (χ1n) is 5.97. The molecule has 2 aliphatic rings. The highest BCUT2D eigenvalue weighted by molar-refractivity contribution is 5.45. The van der Waals surface area contributed by atoms with E-state index in [1.165, 1.54) is 44.1 Å². The SMILES string of the molecule is Cc1ccc2c3c1CCCC3CCC2. The minimum atomic E-state index is 0.919. The highest BCUT2D eigenvalue weighted by Gasteiger charge is 2.26. The zero-order chi connectivity index (χ0) is 9.54. The summed E-state index contributed by atoms with van der Waals surface area (Å²) in [6, 6.07) is 4.72. The summed E-state index contributed by atoms with van der Waals surface area (Å²) in [7, 11) is 0. The Bertz CT molecular complexity index is 361. The van der Waals surface area contributed by atoms with Crippen molar-refractivity contribution in [1.29, 1.82) is 0 Å². The van der Waals surface area contributed by atoms with Gasteiger partial charge in [-0.2, -0.15) is 0 Å². The Labute approximate surface area is 86.3 Å². The molecule has 0 saturated heterocycles. The van der Waals surface area contributed by atoms with Crippen LogP contribution in [-0.4, -0.2) is 0 Å². The lowest BCUT2D eigenvalue weighted by molar-refractivity contribution is 0.475. The fraction of sp³-hybridized carbons (Fsp3) is 0.571. The minimum absolute atomic E-state index is 0.919. The Kier molecular flexibility index (Phi) is 1.90. The van der Waals surface area contributed by atoms with Crippen molar-refractivity contribution in [2.45, 2.75) is 51.4 Å². The van der Waals surface area contributed by atoms with Gasteiger partial charge in [0.25, 0.3) is 0 Å². The van der Waals surface area contributed by atoms with Crippen molar-refractivity contribution in [3.05, 3.63) is 34.4 Å². The summed E-state index contributed by atoms with van der Waals surface area (Å²) in [5, 5.41) is 0. The maximum absolute atomic E-state index is 2.38. The highest BCUT2D eigenvalue weighted by atomic mass is 14.3. The molecule has 0 radical (unpaired) electrons. The quantitative estimate of drug-likeness (QED) is 0.579. The molecule has 0 N–H and O–H groups in total. The van der Waals surface area contributed by atoms with Gasteiger partial charge in [-0.15, -0.1) is 0 Å². The lowest BCUT2D eigenvalue weighted by atomic mass is 9.72. The second-order valence-electron chi connectivity index (χ2n) is 4.92. The van der Waals surface area contributed by atoms with E-state index in [2.05, 4.69) is 19.1 Å². The van der Waals surface area contributed by atoms with Gasteiger partial charge in [-0.1, -0.05) is 12.1 Å². The van der Waals surface area contributed by atoms with Gasteiger partial charge in [0.2, 0.25) is 0 Å².